The summed E-state index contributed by atoms with van der Waals surface area (Å²) in [7, 11) is -3.52. The molecule has 1 fully saturated rings. The minimum atomic E-state index is -3.52. The number of pyridine rings is 1. The van der Waals surface area contributed by atoms with E-state index in [0.29, 0.717) is 42.7 Å². The number of hydrogen-bond donors (Lipinski definition) is 1. The molecule has 3 aromatic rings. The normalized spacial score (nSPS) is 15.2. The van der Waals surface area contributed by atoms with Gasteiger partial charge in [0.2, 0.25) is 10.0 Å². The van der Waals surface area contributed by atoms with Crippen LogP contribution in [0.25, 0.3) is 0 Å². The van der Waals surface area contributed by atoms with Crippen LogP contribution in [-0.2, 0) is 10.0 Å². The van der Waals surface area contributed by atoms with Crippen LogP contribution >= 0.6 is 0 Å². The van der Waals surface area contributed by atoms with Gasteiger partial charge in [0.1, 0.15) is 23.8 Å². The first kappa shape index (κ1) is 20.2. The summed E-state index contributed by atoms with van der Waals surface area (Å²) in [6.07, 6.45) is 3.21. The summed E-state index contributed by atoms with van der Waals surface area (Å²) in [5.74, 6) is 2.10. The molecule has 4 rings (SSSR count). The Hall–Kier alpha value is -3.04. The zero-order chi connectivity index (χ0) is 21.1. The first-order valence-electron chi connectivity index (χ1n) is 9.76. The van der Waals surface area contributed by atoms with E-state index in [2.05, 4.69) is 25.2 Å². The van der Waals surface area contributed by atoms with Crippen molar-refractivity contribution in [1.82, 2.24) is 19.3 Å². The van der Waals surface area contributed by atoms with Crippen molar-refractivity contribution in [2.45, 2.75) is 18.7 Å². The fourth-order valence-corrected chi connectivity index (χ4v) is 5.17. The van der Waals surface area contributed by atoms with E-state index in [9.17, 15) is 8.42 Å². The average molecular weight is 425 g/mol. The Labute approximate surface area is 176 Å². The highest BCUT2D eigenvalue weighted by Gasteiger charge is 2.30. The molecule has 156 valence electrons. The predicted octanol–water partition coefficient (Wildman–Crippen LogP) is 2.74. The Kier molecular flexibility index (Phi) is 5.65. The first-order valence-corrected chi connectivity index (χ1v) is 11.2. The van der Waals surface area contributed by atoms with E-state index in [1.165, 1.54) is 6.33 Å². The van der Waals surface area contributed by atoms with Crippen molar-refractivity contribution in [3.8, 4) is 0 Å². The maximum atomic E-state index is 13.1. The van der Waals surface area contributed by atoms with Gasteiger partial charge in [0.15, 0.2) is 0 Å². The lowest BCUT2D eigenvalue weighted by Crippen LogP contribution is -2.49. The number of sulfonamides is 1. The van der Waals surface area contributed by atoms with Crippen LogP contribution in [0.3, 0.4) is 0 Å². The second-order valence-electron chi connectivity index (χ2n) is 7.26. The van der Waals surface area contributed by atoms with Crippen molar-refractivity contribution in [1.29, 1.82) is 0 Å². The number of aromatic nitrogens is 3. The molecule has 0 bridgehead atoms. The zero-order valence-electron chi connectivity index (χ0n) is 17.0. The lowest BCUT2D eigenvalue weighted by Gasteiger charge is -2.35. The topological polar surface area (TPSA) is 91.3 Å². The molecule has 9 heteroatoms. The molecule has 0 spiro atoms. The third-order valence-corrected chi connectivity index (χ3v) is 7.14. The van der Waals surface area contributed by atoms with Gasteiger partial charge in [-0.25, -0.2) is 23.4 Å². The summed E-state index contributed by atoms with van der Waals surface area (Å²) in [6.45, 7) is 5.67. The van der Waals surface area contributed by atoms with Gasteiger partial charge in [0.25, 0.3) is 0 Å². The molecule has 8 nitrogen and oxygen atoms in total. The highest BCUT2D eigenvalue weighted by atomic mass is 32.2. The van der Waals surface area contributed by atoms with Crippen LogP contribution < -0.4 is 10.2 Å². The molecule has 0 aliphatic carbocycles. The lowest BCUT2D eigenvalue weighted by atomic mass is 10.2. The van der Waals surface area contributed by atoms with E-state index in [-0.39, 0.29) is 0 Å². The largest absolute Gasteiger partial charge is 0.354 e. The van der Waals surface area contributed by atoms with E-state index >= 15 is 0 Å². The van der Waals surface area contributed by atoms with Crippen molar-refractivity contribution < 1.29 is 8.42 Å². The molecular formula is C21H24N6O2S. The minimum Gasteiger partial charge on any atom is -0.354 e. The van der Waals surface area contributed by atoms with Gasteiger partial charge in [-0.1, -0.05) is 18.2 Å². The molecule has 1 saturated heterocycles. The van der Waals surface area contributed by atoms with Crippen LogP contribution in [0.4, 0.5) is 17.5 Å². The molecule has 1 N–H and O–H groups in total. The van der Waals surface area contributed by atoms with Gasteiger partial charge in [-0.15, -0.1) is 0 Å². The summed E-state index contributed by atoms with van der Waals surface area (Å²) in [5, 5.41) is 3.15. The highest BCUT2D eigenvalue weighted by Crippen LogP contribution is 2.24. The summed E-state index contributed by atoms with van der Waals surface area (Å²) < 4.78 is 27.8. The van der Waals surface area contributed by atoms with Crippen LogP contribution in [0.1, 0.15) is 11.1 Å². The van der Waals surface area contributed by atoms with Crippen LogP contribution in [0.2, 0.25) is 0 Å². The fraction of sp³-hybridized carbons (Fsp3) is 0.286. The van der Waals surface area contributed by atoms with Gasteiger partial charge in [-0.05, 0) is 43.2 Å². The summed E-state index contributed by atoms with van der Waals surface area (Å²) >= 11 is 0. The number of nitrogens with one attached hydrogen (secondary N) is 1. The van der Waals surface area contributed by atoms with Gasteiger partial charge >= 0.3 is 0 Å². The van der Waals surface area contributed by atoms with Gasteiger partial charge in [-0.3, -0.25) is 0 Å². The molecule has 1 aromatic carbocycles. The average Bonchev–Trinajstić information content (AvgIpc) is 2.76. The molecule has 0 atom stereocenters. The van der Waals surface area contributed by atoms with E-state index in [1.807, 2.05) is 50.2 Å². The van der Waals surface area contributed by atoms with E-state index in [1.54, 1.807) is 16.6 Å². The molecule has 1 aliphatic rings. The molecule has 1 aliphatic heterocycles. The van der Waals surface area contributed by atoms with Crippen molar-refractivity contribution in [3.63, 3.8) is 0 Å². The van der Waals surface area contributed by atoms with Crippen LogP contribution in [0.15, 0.2) is 59.9 Å². The molecule has 3 heterocycles. The first-order chi connectivity index (χ1) is 14.4. The third kappa shape index (κ3) is 4.27. The molecule has 0 unspecified atom stereocenters. The quantitative estimate of drug-likeness (QED) is 0.673. The standard InChI is InChI=1S/C21H24N6O2S/c1-16-6-7-17(2)18(13-16)30(28,29)27-11-9-26(10-12-27)21-14-20(23-15-24-21)25-19-5-3-4-8-22-19/h3-8,13-15H,9-12H2,1-2H3,(H,22,23,24,25). The van der Waals surface area contributed by atoms with Crippen LogP contribution in [0, 0.1) is 13.8 Å². The predicted molar refractivity (Wildman–Crippen MR) is 116 cm³/mol. The second kappa shape index (κ2) is 8.37. The lowest BCUT2D eigenvalue weighted by molar-refractivity contribution is 0.383. The smallest absolute Gasteiger partial charge is 0.243 e. The zero-order valence-corrected chi connectivity index (χ0v) is 17.8. The molecule has 30 heavy (non-hydrogen) atoms. The number of piperazine rings is 1. The number of nitrogens with zero attached hydrogens (tertiary/aromatic N) is 5. The Bertz CT molecular complexity index is 1130. The molecule has 0 radical (unpaired) electrons. The number of anilines is 3. The van der Waals surface area contributed by atoms with Gasteiger partial charge in [-0.2, -0.15) is 4.31 Å². The number of benzene rings is 1. The SMILES string of the molecule is Cc1ccc(C)c(S(=O)(=O)N2CCN(c3cc(Nc4ccccn4)ncn3)CC2)c1. The van der Waals surface area contributed by atoms with Crippen LogP contribution in [-0.4, -0.2) is 53.9 Å². The molecule has 0 amide bonds. The molecule has 2 aromatic heterocycles. The Morgan fingerprint density at radius 3 is 2.43 bits per heavy atom. The third-order valence-electron chi connectivity index (χ3n) is 5.10. The van der Waals surface area contributed by atoms with Gasteiger partial charge in [0, 0.05) is 38.4 Å². The maximum Gasteiger partial charge on any atom is 0.243 e. The Morgan fingerprint density at radius 1 is 0.900 bits per heavy atom. The van der Waals surface area contributed by atoms with Gasteiger partial charge in [0.05, 0.1) is 4.90 Å². The summed E-state index contributed by atoms with van der Waals surface area (Å²) in [5.41, 5.74) is 1.70. The van der Waals surface area contributed by atoms with Crippen molar-refractivity contribution in [3.05, 3.63) is 66.1 Å². The van der Waals surface area contributed by atoms with Crippen molar-refractivity contribution in [2.75, 3.05) is 36.4 Å². The second-order valence-corrected chi connectivity index (χ2v) is 9.17. The number of rotatable bonds is 5. The van der Waals surface area contributed by atoms with E-state index < -0.39 is 10.0 Å². The number of aryl methyl sites for hydroxylation is 2. The van der Waals surface area contributed by atoms with E-state index in [4.69, 9.17) is 0 Å². The number of hydrogen-bond acceptors (Lipinski definition) is 7. The van der Waals surface area contributed by atoms with Crippen molar-refractivity contribution >= 4 is 27.5 Å². The minimum absolute atomic E-state index is 0.389. The maximum absolute atomic E-state index is 13.1. The fourth-order valence-electron chi connectivity index (χ4n) is 3.44. The summed E-state index contributed by atoms with van der Waals surface area (Å²) in [6, 6.07) is 13.0. The summed E-state index contributed by atoms with van der Waals surface area (Å²) in [4.78, 5) is 15.3. The highest BCUT2D eigenvalue weighted by molar-refractivity contribution is 7.89. The Morgan fingerprint density at radius 2 is 1.70 bits per heavy atom. The monoisotopic (exact) mass is 424 g/mol. The Balaban J connectivity index is 1.46. The van der Waals surface area contributed by atoms with E-state index in [0.717, 1.165) is 16.9 Å². The van der Waals surface area contributed by atoms with Crippen LogP contribution in [0.5, 0.6) is 0 Å². The molecular weight excluding hydrogens is 400 g/mol. The molecule has 0 saturated carbocycles. The van der Waals surface area contributed by atoms with Gasteiger partial charge < -0.3 is 10.2 Å². The van der Waals surface area contributed by atoms with Crippen molar-refractivity contribution in [2.24, 2.45) is 0 Å².